The Kier molecular flexibility index (Phi) is 9.28. The normalized spacial score (nSPS) is 12.4. The first-order valence-electron chi connectivity index (χ1n) is 9.98. The van der Waals surface area contributed by atoms with E-state index in [1.807, 2.05) is 30.3 Å². The first-order valence-corrected chi connectivity index (χ1v) is 9.98. The van der Waals surface area contributed by atoms with Crippen LogP contribution in [0.15, 0.2) is 47.5 Å². The molecule has 0 spiro atoms. The average molecular weight is 415 g/mol. The summed E-state index contributed by atoms with van der Waals surface area (Å²) in [6, 6.07) is 14.2. The van der Waals surface area contributed by atoms with Gasteiger partial charge < -0.3 is 29.7 Å². The molecule has 1 unspecified atom stereocenters. The van der Waals surface area contributed by atoms with Crippen LogP contribution in [0.2, 0.25) is 0 Å². The molecule has 0 amide bonds. The van der Waals surface area contributed by atoms with Gasteiger partial charge in [-0.05, 0) is 49.8 Å². The number of aliphatic imine (C=N–C) groups is 1. The van der Waals surface area contributed by atoms with Crippen LogP contribution in [0.25, 0.3) is 0 Å². The van der Waals surface area contributed by atoms with E-state index in [1.54, 1.807) is 28.4 Å². The molecule has 2 aromatic carbocycles. The minimum absolute atomic E-state index is 0.137. The number of para-hydroxylation sites is 1. The minimum Gasteiger partial charge on any atom is -0.496 e. The van der Waals surface area contributed by atoms with E-state index in [4.69, 9.17) is 14.2 Å². The van der Waals surface area contributed by atoms with E-state index in [2.05, 4.69) is 46.8 Å². The predicted molar refractivity (Wildman–Crippen MR) is 122 cm³/mol. The molecule has 0 fully saturated rings. The molecule has 0 radical (unpaired) electrons. The molecule has 0 aliphatic heterocycles. The van der Waals surface area contributed by atoms with Gasteiger partial charge in [-0.25, -0.2) is 0 Å². The fraction of sp³-hybridized carbons (Fsp3) is 0.435. The van der Waals surface area contributed by atoms with Crippen LogP contribution in [-0.4, -0.2) is 66.4 Å². The predicted octanol–water partition coefficient (Wildman–Crippen LogP) is 2.72. The Morgan fingerprint density at radius 1 is 0.933 bits per heavy atom. The minimum atomic E-state index is 0.137. The molecule has 0 bridgehead atoms. The Balaban J connectivity index is 1.97. The third-order valence-electron chi connectivity index (χ3n) is 4.98. The first-order chi connectivity index (χ1) is 14.5. The Bertz CT molecular complexity index is 824. The number of rotatable bonds is 10. The van der Waals surface area contributed by atoms with E-state index in [-0.39, 0.29) is 6.04 Å². The van der Waals surface area contributed by atoms with Gasteiger partial charge in [0, 0.05) is 20.1 Å². The highest BCUT2D eigenvalue weighted by molar-refractivity contribution is 5.79. The molecule has 0 aromatic heterocycles. The van der Waals surface area contributed by atoms with Gasteiger partial charge in [-0.3, -0.25) is 4.99 Å². The van der Waals surface area contributed by atoms with Crippen molar-refractivity contribution in [3.63, 3.8) is 0 Å². The van der Waals surface area contributed by atoms with Gasteiger partial charge in [-0.1, -0.05) is 24.3 Å². The van der Waals surface area contributed by atoms with E-state index >= 15 is 0 Å². The summed E-state index contributed by atoms with van der Waals surface area (Å²) < 4.78 is 16.2. The highest BCUT2D eigenvalue weighted by Gasteiger charge is 2.17. The van der Waals surface area contributed by atoms with Crippen LogP contribution in [0.5, 0.6) is 17.2 Å². The van der Waals surface area contributed by atoms with Crippen molar-refractivity contribution in [2.45, 2.75) is 12.5 Å². The molecule has 30 heavy (non-hydrogen) atoms. The summed E-state index contributed by atoms with van der Waals surface area (Å²) in [6.45, 7) is 1.44. The molecular formula is C23H34N4O3. The molecule has 7 heteroatoms. The summed E-state index contributed by atoms with van der Waals surface area (Å²) >= 11 is 0. The van der Waals surface area contributed by atoms with Gasteiger partial charge in [0.25, 0.3) is 0 Å². The number of benzene rings is 2. The lowest BCUT2D eigenvalue weighted by molar-refractivity contribution is 0.295. The van der Waals surface area contributed by atoms with E-state index in [0.29, 0.717) is 6.54 Å². The Labute approximate surface area is 180 Å². The number of nitrogens with one attached hydrogen (secondary N) is 2. The summed E-state index contributed by atoms with van der Waals surface area (Å²) in [5.74, 6) is 3.11. The third-order valence-corrected chi connectivity index (χ3v) is 4.98. The lowest BCUT2D eigenvalue weighted by Crippen LogP contribution is -2.42. The zero-order chi connectivity index (χ0) is 21.9. The molecule has 2 aromatic rings. The fourth-order valence-corrected chi connectivity index (χ4v) is 3.30. The second-order valence-electron chi connectivity index (χ2n) is 7.04. The monoisotopic (exact) mass is 414 g/mol. The van der Waals surface area contributed by atoms with Crippen LogP contribution in [0.3, 0.4) is 0 Å². The quantitative estimate of drug-likeness (QED) is 0.460. The molecule has 164 valence electrons. The molecule has 1 atom stereocenters. The lowest BCUT2D eigenvalue weighted by atomic mass is 10.1. The van der Waals surface area contributed by atoms with Crippen LogP contribution in [0.1, 0.15) is 17.2 Å². The maximum atomic E-state index is 5.46. The van der Waals surface area contributed by atoms with Crippen molar-refractivity contribution in [1.29, 1.82) is 0 Å². The van der Waals surface area contributed by atoms with E-state index < -0.39 is 0 Å². The Morgan fingerprint density at radius 3 is 2.27 bits per heavy atom. The van der Waals surface area contributed by atoms with Gasteiger partial charge in [0.15, 0.2) is 17.5 Å². The van der Waals surface area contributed by atoms with Crippen LogP contribution in [-0.2, 0) is 6.42 Å². The van der Waals surface area contributed by atoms with Crippen molar-refractivity contribution < 1.29 is 14.2 Å². The summed E-state index contributed by atoms with van der Waals surface area (Å²) in [7, 11) is 10.9. The molecule has 0 aliphatic carbocycles. The first kappa shape index (κ1) is 23.3. The van der Waals surface area contributed by atoms with Crippen molar-refractivity contribution in [2.24, 2.45) is 4.99 Å². The lowest BCUT2D eigenvalue weighted by Gasteiger charge is -2.26. The molecule has 0 saturated carbocycles. The van der Waals surface area contributed by atoms with Crippen molar-refractivity contribution in [3.8, 4) is 17.2 Å². The number of ether oxygens (including phenoxy) is 3. The topological polar surface area (TPSA) is 67.4 Å². The average Bonchev–Trinajstić information content (AvgIpc) is 2.77. The van der Waals surface area contributed by atoms with Crippen molar-refractivity contribution in [3.05, 3.63) is 53.6 Å². The zero-order valence-electron chi connectivity index (χ0n) is 18.9. The van der Waals surface area contributed by atoms with Crippen molar-refractivity contribution in [1.82, 2.24) is 15.5 Å². The van der Waals surface area contributed by atoms with Crippen molar-refractivity contribution in [2.75, 3.05) is 55.6 Å². The molecular weight excluding hydrogens is 380 g/mol. The number of nitrogens with zero attached hydrogens (tertiary/aromatic N) is 2. The van der Waals surface area contributed by atoms with Crippen LogP contribution in [0.4, 0.5) is 0 Å². The van der Waals surface area contributed by atoms with Gasteiger partial charge in [-0.15, -0.1) is 0 Å². The van der Waals surface area contributed by atoms with Gasteiger partial charge in [-0.2, -0.15) is 0 Å². The molecule has 0 saturated heterocycles. The summed E-state index contributed by atoms with van der Waals surface area (Å²) in [6.07, 6.45) is 0.845. The van der Waals surface area contributed by atoms with Gasteiger partial charge in [0.1, 0.15) is 5.75 Å². The maximum absolute atomic E-state index is 5.46. The van der Waals surface area contributed by atoms with Crippen LogP contribution in [0, 0.1) is 0 Å². The number of hydrogen-bond acceptors (Lipinski definition) is 5. The van der Waals surface area contributed by atoms with Crippen LogP contribution >= 0.6 is 0 Å². The van der Waals surface area contributed by atoms with E-state index in [0.717, 1.165) is 41.7 Å². The second-order valence-corrected chi connectivity index (χ2v) is 7.04. The number of likely N-dealkylation sites (N-methyl/N-ethyl adjacent to an activating group) is 1. The summed E-state index contributed by atoms with van der Waals surface area (Å²) in [4.78, 5) is 6.51. The van der Waals surface area contributed by atoms with Gasteiger partial charge >= 0.3 is 0 Å². The third kappa shape index (κ3) is 6.29. The molecule has 0 heterocycles. The second kappa shape index (κ2) is 11.9. The Hall–Kier alpha value is -2.93. The maximum Gasteiger partial charge on any atom is 0.191 e. The molecule has 0 aliphatic rings. The largest absolute Gasteiger partial charge is 0.496 e. The molecule has 2 N–H and O–H groups in total. The summed E-state index contributed by atoms with van der Waals surface area (Å²) in [5, 5.41) is 6.80. The molecule has 2 rings (SSSR count). The summed E-state index contributed by atoms with van der Waals surface area (Å²) in [5.41, 5.74) is 2.30. The van der Waals surface area contributed by atoms with Crippen LogP contribution < -0.4 is 24.8 Å². The number of guanidine groups is 1. The highest BCUT2D eigenvalue weighted by Crippen LogP contribution is 2.31. The Morgan fingerprint density at radius 2 is 1.63 bits per heavy atom. The van der Waals surface area contributed by atoms with E-state index in [1.165, 1.54) is 5.56 Å². The van der Waals surface area contributed by atoms with Gasteiger partial charge in [0.05, 0.1) is 27.4 Å². The highest BCUT2D eigenvalue weighted by atomic mass is 16.5. The SMILES string of the molecule is CN=C(NCCc1ccccc1OC)NCC(c1ccc(OC)c(OC)c1)N(C)C. The molecule has 7 nitrogen and oxygen atoms in total. The fourth-order valence-electron chi connectivity index (χ4n) is 3.30. The number of hydrogen-bond donors (Lipinski definition) is 2. The van der Waals surface area contributed by atoms with Crippen molar-refractivity contribution >= 4 is 5.96 Å². The smallest absolute Gasteiger partial charge is 0.191 e. The number of methoxy groups -OCH3 is 3. The zero-order valence-corrected chi connectivity index (χ0v) is 18.9. The standard InChI is InChI=1S/C23H34N4O3/c1-24-23(25-14-13-17-9-7-8-10-20(17)28-4)26-16-19(27(2)3)18-11-12-21(29-5)22(15-18)30-6/h7-12,15,19H,13-14,16H2,1-6H3,(H2,24,25,26). The van der Waals surface area contributed by atoms with Gasteiger partial charge in [0.2, 0.25) is 0 Å². The van der Waals surface area contributed by atoms with E-state index in [9.17, 15) is 0 Å².